The third kappa shape index (κ3) is 5.08. The summed E-state index contributed by atoms with van der Waals surface area (Å²) in [6.07, 6.45) is 4.71. The standard InChI is InChI=1S/C17H16BrN5O3/c1-11-16(18)14(9-25-2)13(6-19)17(22-11)26-10-15(24)23-21-8-12-4-3-5-20-7-12/h3-5,7-8H,9-10H2,1-2H3,(H,23,24). The number of amides is 1. The molecule has 1 amide bonds. The molecule has 2 aromatic heterocycles. The molecule has 9 heteroatoms. The number of rotatable bonds is 7. The molecular weight excluding hydrogens is 402 g/mol. The Balaban J connectivity index is 2.03. The number of hydrazone groups is 1. The molecule has 0 aliphatic rings. The number of carbonyl (C=O) groups is 1. The van der Waals surface area contributed by atoms with E-state index in [0.717, 1.165) is 5.56 Å². The monoisotopic (exact) mass is 417 g/mol. The van der Waals surface area contributed by atoms with Crippen LogP contribution in [0.1, 0.15) is 22.4 Å². The second-order valence-corrected chi connectivity index (χ2v) is 5.88. The van der Waals surface area contributed by atoms with Crippen molar-refractivity contribution in [2.45, 2.75) is 13.5 Å². The number of aryl methyl sites for hydroxylation is 1. The first-order valence-corrected chi connectivity index (χ1v) is 8.28. The molecule has 0 saturated heterocycles. The number of hydrogen-bond acceptors (Lipinski definition) is 7. The Bertz CT molecular complexity index is 850. The van der Waals surface area contributed by atoms with E-state index in [1.807, 2.05) is 6.07 Å². The lowest BCUT2D eigenvalue weighted by Gasteiger charge is -2.13. The van der Waals surface area contributed by atoms with E-state index in [0.29, 0.717) is 15.7 Å². The van der Waals surface area contributed by atoms with Gasteiger partial charge in [-0.3, -0.25) is 9.78 Å². The summed E-state index contributed by atoms with van der Waals surface area (Å²) in [4.78, 5) is 20.0. The second-order valence-electron chi connectivity index (χ2n) is 5.08. The van der Waals surface area contributed by atoms with Crippen LogP contribution in [0.3, 0.4) is 0 Å². The average molecular weight is 418 g/mol. The molecule has 0 radical (unpaired) electrons. The van der Waals surface area contributed by atoms with Gasteiger partial charge in [0.25, 0.3) is 5.91 Å². The van der Waals surface area contributed by atoms with Crippen molar-refractivity contribution in [3.05, 3.63) is 51.4 Å². The molecule has 2 heterocycles. The predicted octanol–water partition coefficient (Wildman–Crippen LogP) is 2.09. The van der Waals surface area contributed by atoms with E-state index in [1.165, 1.54) is 13.3 Å². The fraction of sp³-hybridized carbons (Fsp3) is 0.235. The number of nitriles is 1. The Morgan fingerprint density at radius 1 is 1.54 bits per heavy atom. The first kappa shape index (κ1) is 19.5. The highest BCUT2D eigenvalue weighted by Gasteiger charge is 2.18. The molecule has 0 bridgehead atoms. The molecule has 0 saturated carbocycles. The zero-order valence-corrected chi connectivity index (χ0v) is 15.8. The van der Waals surface area contributed by atoms with Crippen LogP contribution >= 0.6 is 15.9 Å². The van der Waals surface area contributed by atoms with Crippen LogP contribution in [0, 0.1) is 18.3 Å². The van der Waals surface area contributed by atoms with Gasteiger partial charge in [0.15, 0.2) is 6.61 Å². The molecule has 0 spiro atoms. The van der Waals surface area contributed by atoms with Gasteiger partial charge in [0.05, 0.1) is 18.5 Å². The number of nitrogens with zero attached hydrogens (tertiary/aromatic N) is 4. The van der Waals surface area contributed by atoms with Gasteiger partial charge >= 0.3 is 0 Å². The minimum atomic E-state index is -0.482. The van der Waals surface area contributed by atoms with Crippen LogP contribution in [0.5, 0.6) is 5.88 Å². The van der Waals surface area contributed by atoms with Crippen LogP contribution in [-0.4, -0.2) is 35.8 Å². The molecule has 0 aliphatic carbocycles. The van der Waals surface area contributed by atoms with Crippen molar-refractivity contribution >= 4 is 28.1 Å². The summed E-state index contributed by atoms with van der Waals surface area (Å²) in [7, 11) is 1.53. The highest BCUT2D eigenvalue weighted by atomic mass is 79.9. The lowest BCUT2D eigenvalue weighted by molar-refractivity contribution is -0.123. The summed E-state index contributed by atoms with van der Waals surface area (Å²) < 4.78 is 11.2. The van der Waals surface area contributed by atoms with Gasteiger partial charge in [-0.15, -0.1) is 0 Å². The molecule has 2 rings (SSSR count). The van der Waals surface area contributed by atoms with Crippen molar-refractivity contribution in [3.8, 4) is 11.9 Å². The number of aromatic nitrogens is 2. The third-order valence-electron chi connectivity index (χ3n) is 3.20. The van der Waals surface area contributed by atoms with Gasteiger partial charge in [0.2, 0.25) is 5.88 Å². The normalized spacial score (nSPS) is 10.5. The van der Waals surface area contributed by atoms with Crippen LogP contribution < -0.4 is 10.2 Å². The van der Waals surface area contributed by atoms with E-state index in [-0.39, 0.29) is 24.7 Å². The van der Waals surface area contributed by atoms with Gasteiger partial charge in [-0.1, -0.05) is 6.07 Å². The maximum absolute atomic E-state index is 11.9. The molecular formula is C17H16BrN5O3. The second kappa shape index (κ2) is 9.60. The molecule has 0 aliphatic heterocycles. The summed E-state index contributed by atoms with van der Waals surface area (Å²) >= 11 is 3.39. The topological polar surface area (TPSA) is 109 Å². The maximum Gasteiger partial charge on any atom is 0.278 e. The molecule has 2 aromatic rings. The van der Waals surface area contributed by atoms with E-state index >= 15 is 0 Å². The Hall–Kier alpha value is -2.83. The molecule has 26 heavy (non-hydrogen) atoms. The number of hydrogen-bond donors (Lipinski definition) is 1. The SMILES string of the molecule is COCc1c(Br)c(C)nc(OCC(=O)NN=Cc2cccnc2)c1C#N. The van der Waals surface area contributed by atoms with E-state index in [2.05, 4.69) is 36.4 Å². The maximum atomic E-state index is 11.9. The zero-order chi connectivity index (χ0) is 18.9. The van der Waals surface area contributed by atoms with Crippen molar-refractivity contribution < 1.29 is 14.3 Å². The molecule has 0 unspecified atom stereocenters. The van der Waals surface area contributed by atoms with Gasteiger partial charge in [0, 0.05) is 35.1 Å². The van der Waals surface area contributed by atoms with E-state index < -0.39 is 5.91 Å². The van der Waals surface area contributed by atoms with Gasteiger partial charge < -0.3 is 9.47 Å². The van der Waals surface area contributed by atoms with Gasteiger partial charge in [-0.2, -0.15) is 10.4 Å². The minimum absolute atomic E-state index is 0.0756. The predicted molar refractivity (Wildman–Crippen MR) is 97.6 cm³/mol. The lowest BCUT2D eigenvalue weighted by Crippen LogP contribution is -2.25. The first-order valence-electron chi connectivity index (χ1n) is 7.49. The quantitative estimate of drug-likeness (QED) is 0.545. The average Bonchev–Trinajstić information content (AvgIpc) is 2.65. The first-order chi connectivity index (χ1) is 12.6. The largest absolute Gasteiger partial charge is 0.467 e. The summed E-state index contributed by atoms with van der Waals surface area (Å²) in [5.74, 6) is -0.406. The Labute approximate surface area is 159 Å². The number of halogens is 1. The summed E-state index contributed by atoms with van der Waals surface area (Å²) in [6, 6.07) is 5.59. The number of methoxy groups -OCH3 is 1. The highest BCUT2D eigenvalue weighted by molar-refractivity contribution is 9.10. The molecule has 1 N–H and O–H groups in total. The molecule has 0 aromatic carbocycles. The van der Waals surface area contributed by atoms with E-state index in [1.54, 1.807) is 31.5 Å². The van der Waals surface area contributed by atoms with Crippen LogP contribution in [0.2, 0.25) is 0 Å². The molecule has 134 valence electrons. The number of carbonyl (C=O) groups excluding carboxylic acids is 1. The Morgan fingerprint density at radius 3 is 3.00 bits per heavy atom. The number of nitrogens with one attached hydrogen (secondary N) is 1. The lowest BCUT2D eigenvalue weighted by atomic mass is 10.1. The fourth-order valence-corrected chi connectivity index (χ4v) is 2.41. The van der Waals surface area contributed by atoms with Crippen molar-refractivity contribution in [3.63, 3.8) is 0 Å². The van der Waals surface area contributed by atoms with Crippen molar-refractivity contribution in [1.82, 2.24) is 15.4 Å². The fourth-order valence-electron chi connectivity index (χ4n) is 2.01. The third-order valence-corrected chi connectivity index (χ3v) is 4.25. The van der Waals surface area contributed by atoms with E-state index in [9.17, 15) is 10.1 Å². The van der Waals surface area contributed by atoms with Crippen LogP contribution in [0.4, 0.5) is 0 Å². The van der Waals surface area contributed by atoms with Crippen LogP contribution in [0.25, 0.3) is 0 Å². The summed E-state index contributed by atoms with van der Waals surface area (Å²) in [5, 5.41) is 13.2. The van der Waals surface area contributed by atoms with Crippen molar-refractivity contribution in [1.29, 1.82) is 5.26 Å². The number of ether oxygens (including phenoxy) is 2. The Kier molecular flexibility index (Phi) is 7.20. The molecule has 0 atom stereocenters. The number of pyridine rings is 2. The van der Waals surface area contributed by atoms with Crippen molar-refractivity contribution in [2.24, 2.45) is 5.10 Å². The highest BCUT2D eigenvalue weighted by Crippen LogP contribution is 2.29. The van der Waals surface area contributed by atoms with Crippen molar-refractivity contribution in [2.75, 3.05) is 13.7 Å². The Morgan fingerprint density at radius 2 is 2.35 bits per heavy atom. The van der Waals surface area contributed by atoms with Gasteiger partial charge in [0.1, 0.15) is 11.6 Å². The summed E-state index contributed by atoms with van der Waals surface area (Å²) in [6.45, 7) is 1.64. The minimum Gasteiger partial charge on any atom is -0.467 e. The van der Waals surface area contributed by atoms with E-state index in [4.69, 9.17) is 9.47 Å². The van der Waals surface area contributed by atoms with Gasteiger partial charge in [-0.25, -0.2) is 10.4 Å². The molecule has 8 nitrogen and oxygen atoms in total. The molecule has 0 fully saturated rings. The zero-order valence-electron chi connectivity index (χ0n) is 14.2. The van der Waals surface area contributed by atoms with Crippen LogP contribution in [0.15, 0.2) is 34.1 Å². The van der Waals surface area contributed by atoms with Gasteiger partial charge in [-0.05, 0) is 28.9 Å². The van der Waals surface area contributed by atoms with Crippen LogP contribution in [-0.2, 0) is 16.1 Å². The summed E-state index contributed by atoms with van der Waals surface area (Å²) in [5.41, 5.74) is 4.55. The smallest absolute Gasteiger partial charge is 0.278 e.